The molecule has 0 aliphatic rings. The number of unbranched alkanes of at least 4 members (excludes halogenated alkanes) is 1. The van der Waals surface area contributed by atoms with Gasteiger partial charge in [-0.15, -0.1) is 10.2 Å². The van der Waals surface area contributed by atoms with Gasteiger partial charge in [-0.2, -0.15) is 0 Å². The van der Waals surface area contributed by atoms with Crippen LogP contribution in [0.3, 0.4) is 0 Å². The van der Waals surface area contributed by atoms with Gasteiger partial charge in [-0.05, 0) is 42.1 Å². The highest BCUT2D eigenvalue weighted by Crippen LogP contribution is 2.40. The Balaban J connectivity index is 1.52. The Labute approximate surface area is 232 Å². The number of anilines is 1. The van der Waals surface area contributed by atoms with Gasteiger partial charge in [0, 0.05) is 5.39 Å². The Morgan fingerprint density at radius 2 is 1.70 bits per heavy atom. The number of fused-ring (bicyclic) bond motifs is 2. The predicted molar refractivity (Wildman–Crippen MR) is 153 cm³/mol. The van der Waals surface area contributed by atoms with Gasteiger partial charge in [0.25, 0.3) is 5.91 Å². The molecule has 1 aromatic heterocycles. The number of phenolic OH excluding ortho intramolecular Hbond substituents is 1. The number of H-pyrrole nitrogens is 2. The first kappa shape index (κ1) is 26.6. The van der Waals surface area contributed by atoms with Gasteiger partial charge in [0.1, 0.15) is 11.4 Å². The molecule has 0 fully saturated rings. The maximum absolute atomic E-state index is 13.3. The standard InChI is InChI=1S/C29H24ClN5O5/c1-2-3-12-40-28(38)18-10-6-7-11-21(18)34-35-25-17-9-5-4-8-16(17)13-19(26(25)36)27(37)31-22-15-24-23(14-20(22)30)32-29(39)33-24/h4-11,13-15,36H,2-3,12H2,1H3,(H,31,37)(H2,32,33,39). The molecule has 4 N–H and O–H groups in total. The van der Waals surface area contributed by atoms with Crippen molar-refractivity contribution in [3.63, 3.8) is 0 Å². The number of rotatable bonds is 8. The second-order valence-corrected chi connectivity index (χ2v) is 9.37. The quantitative estimate of drug-likeness (QED) is 0.0920. The summed E-state index contributed by atoms with van der Waals surface area (Å²) in [5, 5.41) is 23.8. The number of nitrogens with one attached hydrogen (secondary N) is 3. The largest absolute Gasteiger partial charge is 0.505 e. The number of benzene rings is 4. The van der Waals surface area contributed by atoms with Gasteiger partial charge >= 0.3 is 11.7 Å². The number of carbonyl (C=O) groups is 2. The van der Waals surface area contributed by atoms with Crippen LogP contribution in [0, 0.1) is 0 Å². The molecule has 0 saturated heterocycles. The highest BCUT2D eigenvalue weighted by molar-refractivity contribution is 6.34. The number of nitrogens with zero attached hydrogens (tertiary/aromatic N) is 2. The average molecular weight is 558 g/mol. The molecule has 0 bridgehead atoms. The lowest BCUT2D eigenvalue weighted by Gasteiger charge is -2.12. The van der Waals surface area contributed by atoms with Gasteiger partial charge in [0.2, 0.25) is 0 Å². The number of azo groups is 1. The Morgan fingerprint density at radius 1 is 0.975 bits per heavy atom. The molecular weight excluding hydrogens is 534 g/mol. The zero-order chi connectivity index (χ0) is 28.2. The van der Waals surface area contributed by atoms with E-state index in [1.807, 2.05) is 6.92 Å². The van der Waals surface area contributed by atoms with E-state index in [2.05, 4.69) is 25.5 Å². The topological polar surface area (TPSA) is 149 Å². The number of aromatic amines is 2. The van der Waals surface area contributed by atoms with Crippen LogP contribution in [-0.2, 0) is 4.74 Å². The van der Waals surface area contributed by atoms with Crippen LogP contribution in [0.4, 0.5) is 17.1 Å². The number of amides is 1. The SMILES string of the molecule is CCCCOC(=O)c1ccccc1N=Nc1c(O)c(C(=O)Nc2cc3[nH]c(=O)[nH]c3cc2Cl)cc2ccccc12. The number of aromatic nitrogens is 2. The molecule has 11 heteroatoms. The van der Waals surface area contributed by atoms with Crippen molar-refractivity contribution in [3.05, 3.63) is 93.4 Å². The molecule has 1 amide bonds. The predicted octanol–water partition coefficient (Wildman–Crippen LogP) is 6.99. The third-order valence-corrected chi connectivity index (χ3v) is 6.52. The number of aromatic hydroxyl groups is 1. The van der Waals surface area contributed by atoms with Crippen LogP contribution in [0.2, 0.25) is 5.02 Å². The molecule has 0 unspecified atom stereocenters. The fraction of sp³-hybridized carbons (Fsp3) is 0.138. The number of esters is 1. The van der Waals surface area contributed by atoms with Crippen LogP contribution in [0.25, 0.3) is 21.8 Å². The third kappa shape index (κ3) is 5.43. The lowest BCUT2D eigenvalue weighted by molar-refractivity contribution is 0.0500. The Bertz CT molecular complexity index is 1840. The Kier molecular flexibility index (Phi) is 7.61. The number of ether oxygens (including phenoxy) is 1. The number of halogens is 1. The van der Waals surface area contributed by atoms with Crippen molar-refractivity contribution in [2.45, 2.75) is 19.8 Å². The maximum atomic E-state index is 13.3. The first-order chi connectivity index (χ1) is 19.4. The van der Waals surface area contributed by atoms with E-state index in [0.29, 0.717) is 28.4 Å². The normalized spacial score (nSPS) is 11.3. The zero-order valence-electron chi connectivity index (χ0n) is 21.3. The van der Waals surface area contributed by atoms with E-state index in [0.717, 1.165) is 12.8 Å². The van der Waals surface area contributed by atoms with Crippen molar-refractivity contribution in [1.82, 2.24) is 9.97 Å². The summed E-state index contributed by atoms with van der Waals surface area (Å²) < 4.78 is 5.32. The fourth-order valence-electron chi connectivity index (χ4n) is 4.16. The van der Waals surface area contributed by atoms with Crippen molar-refractivity contribution in [2.24, 2.45) is 10.2 Å². The second-order valence-electron chi connectivity index (χ2n) is 8.96. The summed E-state index contributed by atoms with van der Waals surface area (Å²) in [5.41, 5.74) is 1.23. The van der Waals surface area contributed by atoms with Gasteiger partial charge in [0.15, 0.2) is 5.75 Å². The van der Waals surface area contributed by atoms with Gasteiger partial charge in [-0.3, -0.25) is 4.79 Å². The molecule has 1 heterocycles. The third-order valence-electron chi connectivity index (χ3n) is 6.20. The first-order valence-electron chi connectivity index (χ1n) is 12.5. The van der Waals surface area contributed by atoms with Gasteiger partial charge in [-0.25, -0.2) is 9.59 Å². The van der Waals surface area contributed by atoms with Crippen LogP contribution < -0.4 is 11.0 Å². The molecule has 0 aliphatic carbocycles. The summed E-state index contributed by atoms with van der Waals surface area (Å²) in [6.45, 7) is 2.29. The summed E-state index contributed by atoms with van der Waals surface area (Å²) in [7, 11) is 0. The minimum Gasteiger partial charge on any atom is -0.505 e. The van der Waals surface area contributed by atoms with E-state index in [-0.39, 0.29) is 33.2 Å². The van der Waals surface area contributed by atoms with Crippen LogP contribution >= 0.6 is 11.6 Å². The van der Waals surface area contributed by atoms with Crippen LogP contribution in [0.5, 0.6) is 5.75 Å². The first-order valence-corrected chi connectivity index (χ1v) is 12.9. The van der Waals surface area contributed by atoms with Crippen molar-refractivity contribution < 1.29 is 19.4 Å². The lowest BCUT2D eigenvalue weighted by atomic mass is 10.0. The molecule has 10 nitrogen and oxygen atoms in total. The summed E-state index contributed by atoms with van der Waals surface area (Å²) in [6, 6.07) is 18.2. The maximum Gasteiger partial charge on any atom is 0.340 e. The Hall–Kier alpha value is -4.96. The van der Waals surface area contributed by atoms with E-state index in [9.17, 15) is 19.5 Å². The molecule has 4 aromatic carbocycles. The van der Waals surface area contributed by atoms with E-state index >= 15 is 0 Å². The molecule has 0 radical (unpaired) electrons. The van der Waals surface area contributed by atoms with Crippen molar-refractivity contribution in [2.75, 3.05) is 11.9 Å². The smallest absolute Gasteiger partial charge is 0.340 e. The molecule has 40 heavy (non-hydrogen) atoms. The zero-order valence-corrected chi connectivity index (χ0v) is 22.1. The summed E-state index contributed by atoms with van der Waals surface area (Å²) in [6.07, 6.45) is 1.63. The van der Waals surface area contributed by atoms with Crippen LogP contribution in [0.15, 0.2) is 81.8 Å². The van der Waals surface area contributed by atoms with Crippen molar-refractivity contribution in [1.29, 1.82) is 0 Å². The fourth-order valence-corrected chi connectivity index (χ4v) is 4.37. The molecule has 0 saturated carbocycles. The molecular formula is C29H24ClN5O5. The summed E-state index contributed by atoms with van der Waals surface area (Å²) in [5.74, 6) is -1.59. The average Bonchev–Trinajstić information content (AvgIpc) is 3.31. The van der Waals surface area contributed by atoms with Crippen LogP contribution in [0.1, 0.15) is 40.5 Å². The number of phenols is 1. The molecule has 0 aliphatic heterocycles. The molecule has 202 valence electrons. The minimum atomic E-state index is -0.654. The molecule has 5 rings (SSSR count). The van der Waals surface area contributed by atoms with E-state index in [1.165, 1.54) is 18.2 Å². The van der Waals surface area contributed by atoms with Crippen LogP contribution in [-0.4, -0.2) is 33.6 Å². The van der Waals surface area contributed by atoms with Gasteiger partial charge < -0.3 is 25.1 Å². The van der Waals surface area contributed by atoms with E-state index < -0.39 is 23.3 Å². The molecule has 0 atom stereocenters. The monoisotopic (exact) mass is 557 g/mol. The molecule has 5 aromatic rings. The number of imidazole rings is 1. The lowest BCUT2D eigenvalue weighted by Crippen LogP contribution is -2.12. The van der Waals surface area contributed by atoms with Crippen molar-refractivity contribution >= 4 is 62.3 Å². The van der Waals surface area contributed by atoms with E-state index in [4.69, 9.17) is 16.3 Å². The summed E-state index contributed by atoms with van der Waals surface area (Å²) >= 11 is 6.32. The van der Waals surface area contributed by atoms with Gasteiger partial charge in [-0.1, -0.05) is 61.3 Å². The Morgan fingerprint density at radius 3 is 2.50 bits per heavy atom. The highest BCUT2D eigenvalue weighted by Gasteiger charge is 2.20. The highest BCUT2D eigenvalue weighted by atomic mass is 35.5. The van der Waals surface area contributed by atoms with E-state index in [1.54, 1.807) is 48.5 Å². The second kappa shape index (κ2) is 11.4. The number of carbonyl (C=O) groups excluding carboxylic acids is 2. The molecule has 0 spiro atoms. The van der Waals surface area contributed by atoms with Gasteiger partial charge in [0.05, 0.1) is 39.5 Å². The summed E-state index contributed by atoms with van der Waals surface area (Å²) in [4.78, 5) is 42.8. The number of hydrogen-bond acceptors (Lipinski definition) is 7. The minimum absolute atomic E-state index is 0.0499. The van der Waals surface area contributed by atoms with Crippen molar-refractivity contribution in [3.8, 4) is 5.75 Å². The number of hydrogen-bond donors (Lipinski definition) is 4.